The van der Waals surface area contributed by atoms with Crippen molar-refractivity contribution < 1.29 is 9.53 Å². The molecule has 7 heteroatoms. The standard InChI is InChI=1S/C12H15BrClN3O2/c1-8(12(18)17-2-4-19-5-3-17)16-11-10(13)6-9(14)7-15-11/h6-8H,2-5H2,1H3,(H,15,16). The van der Waals surface area contributed by atoms with Crippen LogP contribution < -0.4 is 5.32 Å². The Morgan fingerprint density at radius 2 is 2.26 bits per heavy atom. The van der Waals surface area contributed by atoms with E-state index in [2.05, 4.69) is 26.2 Å². The average Bonchev–Trinajstić information content (AvgIpc) is 2.42. The van der Waals surface area contributed by atoms with E-state index in [1.165, 1.54) is 0 Å². The van der Waals surface area contributed by atoms with Crippen LogP contribution in [0.4, 0.5) is 5.82 Å². The van der Waals surface area contributed by atoms with Gasteiger partial charge < -0.3 is 15.0 Å². The first-order chi connectivity index (χ1) is 9.08. The third kappa shape index (κ3) is 3.81. The van der Waals surface area contributed by atoms with Gasteiger partial charge in [0.1, 0.15) is 11.9 Å². The molecule has 0 radical (unpaired) electrons. The number of halogens is 2. The SMILES string of the molecule is CC(Nc1ncc(Cl)cc1Br)C(=O)N1CCOCC1. The molecule has 2 rings (SSSR count). The molecule has 0 saturated carbocycles. The van der Waals surface area contributed by atoms with Crippen molar-refractivity contribution in [1.82, 2.24) is 9.88 Å². The number of nitrogens with zero attached hydrogens (tertiary/aromatic N) is 2. The molecule has 0 aromatic carbocycles. The van der Waals surface area contributed by atoms with Gasteiger partial charge in [-0.3, -0.25) is 4.79 Å². The maximum atomic E-state index is 12.2. The Labute approximate surface area is 125 Å². The van der Waals surface area contributed by atoms with E-state index in [1.807, 2.05) is 6.92 Å². The molecule has 1 fully saturated rings. The molecule has 0 spiro atoms. The third-order valence-electron chi connectivity index (χ3n) is 2.85. The normalized spacial score (nSPS) is 17.1. The lowest BCUT2D eigenvalue weighted by atomic mass is 10.2. The number of rotatable bonds is 3. The van der Waals surface area contributed by atoms with E-state index in [1.54, 1.807) is 17.2 Å². The van der Waals surface area contributed by atoms with Crippen LogP contribution in [0, 0.1) is 0 Å². The Kier molecular flexibility index (Phi) is 5.01. The van der Waals surface area contributed by atoms with Gasteiger partial charge in [-0.1, -0.05) is 11.6 Å². The highest BCUT2D eigenvalue weighted by molar-refractivity contribution is 9.10. The van der Waals surface area contributed by atoms with Crippen LogP contribution in [0.1, 0.15) is 6.92 Å². The number of hydrogen-bond acceptors (Lipinski definition) is 4. The summed E-state index contributed by atoms with van der Waals surface area (Å²) in [7, 11) is 0. The molecule has 1 saturated heterocycles. The fourth-order valence-electron chi connectivity index (χ4n) is 1.85. The number of carbonyl (C=O) groups excluding carboxylic acids is 1. The van der Waals surface area contributed by atoms with Crippen LogP contribution in [-0.4, -0.2) is 48.1 Å². The second kappa shape index (κ2) is 6.54. The van der Waals surface area contributed by atoms with E-state index in [-0.39, 0.29) is 11.9 Å². The molecule has 1 aliphatic heterocycles. The summed E-state index contributed by atoms with van der Waals surface area (Å²) in [6.45, 7) is 4.30. The summed E-state index contributed by atoms with van der Waals surface area (Å²) in [6, 6.07) is 1.39. The molecule has 1 atom stereocenters. The third-order valence-corrected chi connectivity index (χ3v) is 3.67. The zero-order valence-electron chi connectivity index (χ0n) is 10.5. The van der Waals surface area contributed by atoms with E-state index < -0.39 is 0 Å². The fraction of sp³-hybridized carbons (Fsp3) is 0.500. The molecule has 0 bridgehead atoms. The minimum Gasteiger partial charge on any atom is -0.378 e. The van der Waals surface area contributed by atoms with E-state index in [4.69, 9.17) is 16.3 Å². The van der Waals surface area contributed by atoms with E-state index in [0.29, 0.717) is 37.1 Å². The Balaban J connectivity index is 1.99. The van der Waals surface area contributed by atoms with Gasteiger partial charge in [-0.15, -0.1) is 0 Å². The Morgan fingerprint density at radius 1 is 1.58 bits per heavy atom. The second-order valence-corrected chi connectivity index (χ2v) is 5.58. The summed E-state index contributed by atoms with van der Waals surface area (Å²) in [5.74, 6) is 0.658. The Hall–Kier alpha value is -0.850. The molecule has 1 aliphatic rings. The Bertz CT molecular complexity index is 466. The molecule has 2 heterocycles. The van der Waals surface area contributed by atoms with E-state index in [9.17, 15) is 4.79 Å². The summed E-state index contributed by atoms with van der Waals surface area (Å²) in [4.78, 5) is 18.2. The highest BCUT2D eigenvalue weighted by Crippen LogP contribution is 2.23. The lowest BCUT2D eigenvalue weighted by Crippen LogP contribution is -2.47. The summed E-state index contributed by atoms with van der Waals surface area (Å²) >= 11 is 9.19. The second-order valence-electron chi connectivity index (χ2n) is 4.29. The smallest absolute Gasteiger partial charge is 0.244 e. The first-order valence-corrected chi connectivity index (χ1v) is 7.19. The van der Waals surface area contributed by atoms with Crippen molar-refractivity contribution in [2.75, 3.05) is 31.6 Å². The van der Waals surface area contributed by atoms with Crippen LogP contribution in [0.5, 0.6) is 0 Å². The monoisotopic (exact) mass is 347 g/mol. The molecule has 104 valence electrons. The van der Waals surface area contributed by atoms with Gasteiger partial charge in [0.25, 0.3) is 0 Å². The van der Waals surface area contributed by atoms with Crippen molar-refractivity contribution in [2.45, 2.75) is 13.0 Å². The lowest BCUT2D eigenvalue weighted by Gasteiger charge is -2.29. The van der Waals surface area contributed by atoms with Crippen LogP contribution >= 0.6 is 27.5 Å². The molecule has 19 heavy (non-hydrogen) atoms. The topological polar surface area (TPSA) is 54.5 Å². The predicted molar refractivity (Wildman–Crippen MR) is 77.4 cm³/mol. The van der Waals surface area contributed by atoms with Crippen LogP contribution in [0.2, 0.25) is 5.02 Å². The predicted octanol–water partition coefficient (Wildman–Crippen LogP) is 2.16. The van der Waals surface area contributed by atoms with E-state index in [0.717, 1.165) is 4.47 Å². The molecule has 1 amide bonds. The summed E-state index contributed by atoms with van der Waals surface area (Å²) in [5, 5.41) is 3.63. The van der Waals surface area contributed by atoms with Gasteiger partial charge in [0.15, 0.2) is 0 Å². The Morgan fingerprint density at radius 3 is 2.89 bits per heavy atom. The van der Waals surface area contributed by atoms with E-state index >= 15 is 0 Å². The van der Waals surface area contributed by atoms with Gasteiger partial charge in [-0.25, -0.2) is 4.98 Å². The highest BCUT2D eigenvalue weighted by atomic mass is 79.9. The maximum absolute atomic E-state index is 12.2. The first-order valence-electron chi connectivity index (χ1n) is 6.02. The summed E-state index contributed by atoms with van der Waals surface area (Å²) in [5.41, 5.74) is 0. The molecule has 1 aromatic heterocycles. The molecule has 1 N–H and O–H groups in total. The largest absolute Gasteiger partial charge is 0.378 e. The molecule has 1 unspecified atom stereocenters. The number of nitrogens with one attached hydrogen (secondary N) is 1. The number of aromatic nitrogens is 1. The number of anilines is 1. The minimum absolute atomic E-state index is 0.0481. The molecule has 0 aliphatic carbocycles. The first kappa shape index (κ1) is 14.6. The minimum atomic E-state index is -0.344. The molecule has 5 nitrogen and oxygen atoms in total. The number of carbonyl (C=O) groups is 1. The van der Waals surface area contributed by atoms with Crippen LogP contribution in [0.25, 0.3) is 0 Å². The molecular weight excluding hydrogens is 334 g/mol. The van der Waals surface area contributed by atoms with Crippen LogP contribution in [0.15, 0.2) is 16.7 Å². The zero-order valence-corrected chi connectivity index (χ0v) is 12.9. The van der Waals surface area contributed by atoms with Crippen molar-refractivity contribution in [1.29, 1.82) is 0 Å². The number of ether oxygens (including phenoxy) is 1. The maximum Gasteiger partial charge on any atom is 0.244 e. The van der Waals surface area contributed by atoms with Gasteiger partial charge in [0, 0.05) is 19.3 Å². The van der Waals surface area contributed by atoms with Gasteiger partial charge in [0.05, 0.1) is 22.7 Å². The van der Waals surface area contributed by atoms with Crippen molar-refractivity contribution >= 4 is 39.3 Å². The zero-order chi connectivity index (χ0) is 13.8. The summed E-state index contributed by atoms with van der Waals surface area (Å²) < 4.78 is 5.97. The number of amides is 1. The van der Waals surface area contributed by atoms with Crippen molar-refractivity contribution in [3.05, 3.63) is 21.8 Å². The summed E-state index contributed by atoms with van der Waals surface area (Å²) in [6.07, 6.45) is 1.54. The van der Waals surface area contributed by atoms with Gasteiger partial charge in [-0.2, -0.15) is 0 Å². The highest BCUT2D eigenvalue weighted by Gasteiger charge is 2.23. The van der Waals surface area contributed by atoms with Crippen molar-refractivity contribution in [2.24, 2.45) is 0 Å². The van der Waals surface area contributed by atoms with Crippen molar-refractivity contribution in [3.63, 3.8) is 0 Å². The van der Waals surface area contributed by atoms with Gasteiger partial charge in [-0.05, 0) is 28.9 Å². The lowest BCUT2D eigenvalue weighted by molar-refractivity contribution is -0.135. The fourth-order valence-corrected chi connectivity index (χ4v) is 2.60. The number of pyridine rings is 1. The quantitative estimate of drug-likeness (QED) is 0.909. The van der Waals surface area contributed by atoms with Gasteiger partial charge >= 0.3 is 0 Å². The van der Waals surface area contributed by atoms with Crippen molar-refractivity contribution in [3.8, 4) is 0 Å². The number of morpholine rings is 1. The van der Waals surface area contributed by atoms with Crippen LogP contribution in [-0.2, 0) is 9.53 Å². The van der Waals surface area contributed by atoms with Crippen LogP contribution in [0.3, 0.4) is 0 Å². The van der Waals surface area contributed by atoms with Gasteiger partial charge in [0.2, 0.25) is 5.91 Å². The average molecular weight is 349 g/mol. The molecule has 1 aromatic rings. The molecular formula is C12H15BrClN3O2. The number of hydrogen-bond donors (Lipinski definition) is 1.